The van der Waals surface area contributed by atoms with Gasteiger partial charge in [-0.25, -0.2) is 9.97 Å². The molecule has 6 rings (SSSR count). The fourth-order valence-corrected chi connectivity index (χ4v) is 8.23. The lowest BCUT2D eigenvalue weighted by Crippen LogP contribution is -2.30. The molecular formula is C49H60N2O8. The third kappa shape index (κ3) is 12.2. The monoisotopic (exact) mass is 804 g/mol. The fourth-order valence-electron chi connectivity index (χ4n) is 8.23. The first kappa shape index (κ1) is 43.5. The van der Waals surface area contributed by atoms with Gasteiger partial charge in [0.25, 0.3) is 0 Å². The largest absolute Gasteiger partial charge is 0.462 e. The van der Waals surface area contributed by atoms with Gasteiger partial charge in [0.1, 0.15) is 23.2 Å². The quantitative estimate of drug-likeness (QED) is 0.0751. The van der Waals surface area contributed by atoms with E-state index in [4.69, 9.17) is 28.9 Å². The molecule has 0 radical (unpaired) electrons. The average Bonchev–Trinajstić information content (AvgIpc) is 3.24. The molecule has 3 aromatic carbocycles. The highest BCUT2D eigenvalue weighted by molar-refractivity contribution is 5.91. The highest BCUT2D eigenvalue weighted by atomic mass is 16.6. The van der Waals surface area contributed by atoms with E-state index in [1.807, 2.05) is 13.8 Å². The van der Waals surface area contributed by atoms with Crippen LogP contribution in [0.1, 0.15) is 131 Å². The molecule has 314 valence electrons. The van der Waals surface area contributed by atoms with Crippen molar-refractivity contribution < 1.29 is 38.1 Å². The first-order valence-electron chi connectivity index (χ1n) is 21.9. The van der Waals surface area contributed by atoms with Gasteiger partial charge in [-0.15, -0.1) is 0 Å². The predicted molar refractivity (Wildman–Crippen MR) is 226 cm³/mol. The number of carbonyl (C=O) groups excluding carboxylic acids is 4. The average molecular weight is 805 g/mol. The Labute approximate surface area is 348 Å². The molecule has 0 unspecified atom stereocenters. The maximum absolute atomic E-state index is 13.5. The SMILES string of the molecule is CCCc1ccc(CCC(=O)OC2CCC(C(=O)Oc3ccc(OC(=O)C4CCC(OC(=O)CCc5ccc(CCC)cc5)CC4)c4nc(CC)c(C)nc34)CC2)cc1. The molecule has 1 heterocycles. The number of fused-ring (bicyclic) bond motifs is 1. The molecule has 0 bridgehead atoms. The molecule has 0 atom stereocenters. The zero-order valence-electron chi connectivity index (χ0n) is 35.3. The summed E-state index contributed by atoms with van der Waals surface area (Å²) in [5, 5.41) is 0. The zero-order chi connectivity index (χ0) is 41.7. The highest BCUT2D eigenvalue weighted by Gasteiger charge is 2.32. The predicted octanol–water partition coefficient (Wildman–Crippen LogP) is 9.69. The Hall–Kier alpha value is -5.12. The number of hydrogen-bond donors (Lipinski definition) is 0. The Morgan fingerprint density at radius 2 is 0.898 bits per heavy atom. The molecule has 59 heavy (non-hydrogen) atoms. The Kier molecular flexibility index (Phi) is 15.6. The van der Waals surface area contributed by atoms with Crippen LogP contribution in [0.2, 0.25) is 0 Å². The molecule has 0 amide bonds. The normalized spacial score (nSPS) is 19.2. The van der Waals surface area contributed by atoms with E-state index in [0.717, 1.165) is 42.5 Å². The van der Waals surface area contributed by atoms with E-state index in [9.17, 15) is 19.2 Å². The van der Waals surface area contributed by atoms with Crippen molar-refractivity contribution >= 4 is 34.9 Å². The molecule has 0 N–H and O–H groups in total. The van der Waals surface area contributed by atoms with Gasteiger partial charge in [0.05, 0.1) is 23.2 Å². The summed E-state index contributed by atoms with van der Waals surface area (Å²) in [5.74, 6) is -1.35. The molecule has 2 aliphatic carbocycles. The summed E-state index contributed by atoms with van der Waals surface area (Å²) in [7, 11) is 0. The summed E-state index contributed by atoms with van der Waals surface area (Å²) >= 11 is 0. The van der Waals surface area contributed by atoms with Gasteiger partial charge in [0.15, 0.2) is 11.5 Å². The van der Waals surface area contributed by atoms with Crippen LogP contribution in [0.25, 0.3) is 11.0 Å². The number of carbonyl (C=O) groups is 4. The van der Waals surface area contributed by atoms with Crippen molar-refractivity contribution in [3.05, 3.63) is 94.3 Å². The number of ether oxygens (including phenoxy) is 4. The smallest absolute Gasteiger partial charge is 0.314 e. The molecule has 0 spiro atoms. The molecule has 4 aromatic rings. The standard InChI is InChI=1S/C49H60N2O8/c1-5-8-33-10-14-35(15-11-33)18-30-44(52)56-39-24-20-37(21-25-39)48(54)58-42-28-29-43(47-46(42)50-32(4)41(7-3)51-47)59-49(55)38-22-26-40(27-23-38)57-45(53)31-19-36-16-12-34(9-6-2)13-17-36/h10-17,28-29,37-40H,5-9,18-27,30-31H2,1-4H3. The minimum Gasteiger partial charge on any atom is -0.462 e. The summed E-state index contributed by atoms with van der Waals surface area (Å²) in [6.07, 6.45) is 10.9. The van der Waals surface area contributed by atoms with Crippen molar-refractivity contribution in [1.82, 2.24) is 9.97 Å². The van der Waals surface area contributed by atoms with E-state index in [1.54, 1.807) is 12.1 Å². The zero-order valence-corrected chi connectivity index (χ0v) is 35.3. The van der Waals surface area contributed by atoms with Crippen molar-refractivity contribution in [1.29, 1.82) is 0 Å². The van der Waals surface area contributed by atoms with Crippen molar-refractivity contribution in [2.24, 2.45) is 11.8 Å². The number of nitrogens with zero attached hydrogens (tertiary/aromatic N) is 2. The lowest BCUT2D eigenvalue weighted by molar-refractivity contribution is -0.153. The van der Waals surface area contributed by atoms with Gasteiger partial charge in [-0.3, -0.25) is 19.2 Å². The maximum Gasteiger partial charge on any atom is 0.314 e. The van der Waals surface area contributed by atoms with Crippen molar-refractivity contribution in [2.75, 3.05) is 0 Å². The van der Waals surface area contributed by atoms with Gasteiger partial charge in [0.2, 0.25) is 0 Å². The Morgan fingerprint density at radius 3 is 1.27 bits per heavy atom. The van der Waals surface area contributed by atoms with Crippen molar-refractivity contribution in [2.45, 2.75) is 149 Å². The van der Waals surface area contributed by atoms with E-state index in [-0.39, 0.29) is 59.4 Å². The summed E-state index contributed by atoms with van der Waals surface area (Å²) < 4.78 is 23.5. The third-order valence-electron chi connectivity index (χ3n) is 11.7. The van der Waals surface area contributed by atoms with Crippen LogP contribution in [-0.4, -0.2) is 46.1 Å². The second kappa shape index (κ2) is 21.2. The number of aromatic nitrogens is 2. The van der Waals surface area contributed by atoms with Gasteiger partial charge in [-0.05, 0) is 125 Å². The van der Waals surface area contributed by atoms with E-state index in [0.29, 0.717) is 100 Å². The highest BCUT2D eigenvalue weighted by Crippen LogP contribution is 2.36. The summed E-state index contributed by atoms with van der Waals surface area (Å²) in [6, 6.07) is 20.1. The van der Waals surface area contributed by atoms with E-state index >= 15 is 0 Å². The van der Waals surface area contributed by atoms with Crippen LogP contribution in [0.15, 0.2) is 60.7 Å². The van der Waals surface area contributed by atoms with Crippen LogP contribution in [-0.2, 0) is 60.8 Å². The Balaban J connectivity index is 0.982. The van der Waals surface area contributed by atoms with Crippen LogP contribution < -0.4 is 9.47 Å². The fraction of sp³-hybridized carbons (Fsp3) is 0.510. The summed E-state index contributed by atoms with van der Waals surface area (Å²) in [5.41, 5.74) is 7.02. The third-order valence-corrected chi connectivity index (χ3v) is 11.7. The molecule has 2 fully saturated rings. The van der Waals surface area contributed by atoms with Crippen LogP contribution in [0.5, 0.6) is 11.5 Å². The lowest BCUT2D eigenvalue weighted by Gasteiger charge is -2.27. The van der Waals surface area contributed by atoms with E-state index < -0.39 is 0 Å². The van der Waals surface area contributed by atoms with Gasteiger partial charge in [-0.2, -0.15) is 0 Å². The van der Waals surface area contributed by atoms with Gasteiger partial charge in [0, 0.05) is 12.8 Å². The number of benzene rings is 3. The summed E-state index contributed by atoms with van der Waals surface area (Å²) in [6.45, 7) is 8.16. The second-order valence-corrected chi connectivity index (χ2v) is 16.3. The second-order valence-electron chi connectivity index (χ2n) is 16.3. The van der Waals surface area contributed by atoms with Gasteiger partial charge in [-0.1, -0.05) is 82.1 Å². The molecule has 2 saturated carbocycles. The first-order valence-corrected chi connectivity index (χ1v) is 21.9. The van der Waals surface area contributed by atoms with Crippen molar-refractivity contribution in [3.63, 3.8) is 0 Å². The van der Waals surface area contributed by atoms with Crippen LogP contribution in [0, 0.1) is 18.8 Å². The Morgan fingerprint density at radius 1 is 0.525 bits per heavy atom. The van der Waals surface area contributed by atoms with Crippen LogP contribution in [0.4, 0.5) is 0 Å². The summed E-state index contributed by atoms with van der Waals surface area (Å²) in [4.78, 5) is 61.8. The molecule has 0 aliphatic heterocycles. The van der Waals surface area contributed by atoms with Crippen LogP contribution in [0.3, 0.4) is 0 Å². The minimum atomic E-state index is -0.370. The molecule has 10 nitrogen and oxygen atoms in total. The first-order chi connectivity index (χ1) is 28.6. The molecule has 1 aromatic heterocycles. The molecule has 10 heteroatoms. The van der Waals surface area contributed by atoms with Gasteiger partial charge >= 0.3 is 23.9 Å². The van der Waals surface area contributed by atoms with E-state index in [2.05, 4.69) is 62.4 Å². The molecule has 0 saturated heterocycles. The maximum atomic E-state index is 13.5. The topological polar surface area (TPSA) is 131 Å². The van der Waals surface area contributed by atoms with Gasteiger partial charge < -0.3 is 18.9 Å². The van der Waals surface area contributed by atoms with E-state index in [1.165, 1.54) is 11.1 Å². The van der Waals surface area contributed by atoms with Crippen molar-refractivity contribution in [3.8, 4) is 11.5 Å². The van der Waals surface area contributed by atoms with Crippen LogP contribution >= 0.6 is 0 Å². The number of aryl methyl sites for hydroxylation is 6. The number of rotatable bonds is 17. The Bertz CT molecular complexity index is 2050. The number of esters is 4. The molecular weight excluding hydrogens is 745 g/mol. The number of hydrogen-bond acceptors (Lipinski definition) is 10. The minimum absolute atomic E-state index is 0.217. The molecule has 2 aliphatic rings. The lowest BCUT2D eigenvalue weighted by atomic mass is 9.87.